The number of nitrogens with two attached hydrogens (primary N) is 1. The molecule has 1 aromatic rings. The zero-order valence-corrected chi connectivity index (χ0v) is 12.0. The summed E-state index contributed by atoms with van der Waals surface area (Å²) in [6, 6.07) is 7.80. The van der Waals surface area contributed by atoms with Gasteiger partial charge in [-0.05, 0) is 49.3 Å². The van der Waals surface area contributed by atoms with Crippen molar-refractivity contribution >= 4 is 30.1 Å². The van der Waals surface area contributed by atoms with Crippen molar-refractivity contribution in [2.45, 2.75) is 23.8 Å². The maximum Gasteiger partial charge on any atom is 0.251 e. The van der Waals surface area contributed by atoms with Gasteiger partial charge in [0.25, 0.3) is 5.91 Å². The standard InChI is InChI=1S/C13H18N2OS.ClH/c1-17-11-6-4-10(5-7-11)13(16)15-12(8-14)9-2-3-9;/h4-7,9,12H,2-3,8,14H2,1H3,(H,15,16);1H. The minimum atomic E-state index is -0.0139. The highest BCUT2D eigenvalue weighted by molar-refractivity contribution is 7.98. The highest BCUT2D eigenvalue weighted by Crippen LogP contribution is 2.32. The van der Waals surface area contributed by atoms with Crippen LogP contribution in [-0.4, -0.2) is 24.7 Å². The molecular formula is C13H19ClN2OS. The van der Waals surface area contributed by atoms with Crippen molar-refractivity contribution in [3.8, 4) is 0 Å². The first-order valence-electron chi connectivity index (χ1n) is 5.89. The maximum absolute atomic E-state index is 12.0. The number of carbonyl (C=O) groups excluding carboxylic acids is 1. The third-order valence-electron chi connectivity index (χ3n) is 3.11. The van der Waals surface area contributed by atoms with Gasteiger partial charge in [0.2, 0.25) is 0 Å². The lowest BCUT2D eigenvalue weighted by molar-refractivity contribution is 0.0933. The van der Waals surface area contributed by atoms with Gasteiger partial charge < -0.3 is 11.1 Å². The van der Waals surface area contributed by atoms with Crippen LogP contribution in [0.3, 0.4) is 0 Å². The van der Waals surface area contributed by atoms with E-state index in [-0.39, 0.29) is 24.4 Å². The van der Waals surface area contributed by atoms with Gasteiger partial charge in [0.1, 0.15) is 0 Å². The largest absolute Gasteiger partial charge is 0.348 e. The fourth-order valence-electron chi connectivity index (χ4n) is 1.86. The van der Waals surface area contributed by atoms with Gasteiger partial charge in [0.15, 0.2) is 0 Å². The number of rotatable bonds is 5. The molecule has 0 radical (unpaired) electrons. The molecule has 1 amide bonds. The van der Waals surface area contributed by atoms with E-state index in [1.165, 1.54) is 17.7 Å². The Bertz CT molecular complexity index is 392. The van der Waals surface area contributed by atoms with Gasteiger partial charge >= 0.3 is 0 Å². The molecule has 3 N–H and O–H groups in total. The lowest BCUT2D eigenvalue weighted by Gasteiger charge is -2.16. The van der Waals surface area contributed by atoms with Crippen molar-refractivity contribution < 1.29 is 4.79 Å². The molecule has 0 bridgehead atoms. The topological polar surface area (TPSA) is 55.1 Å². The second kappa shape index (κ2) is 7.02. The van der Waals surface area contributed by atoms with Crippen LogP contribution in [0.15, 0.2) is 29.2 Å². The average molecular weight is 287 g/mol. The Morgan fingerprint density at radius 1 is 1.44 bits per heavy atom. The van der Waals surface area contributed by atoms with Crippen LogP contribution in [0.1, 0.15) is 23.2 Å². The Morgan fingerprint density at radius 2 is 2.06 bits per heavy atom. The number of nitrogens with one attached hydrogen (secondary N) is 1. The first-order valence-corrected chi connectivity index (χ1v) is 7.12. The van der Waals surface area contributed by atoms with Crippen molar-refractivity contribution in [2.75, 3.05) is 12.8 Å². The maximum atomic E-state index is 12.0. The van der Waals surface area contributed by atoms with Crippen molar-refractivity contribution in [1.29, 1.82) is 0 Å². The van der Waals surface area contributed by atoms with Crippen LogP contribution in [0.5, 0.6) is 0 Å². The smallest absolute Gasteiger partial charge is 0.251 e. The Morgan fingerprint density at radius 3 is 2.50 bits per heavy atom. The molecule has 100 valence electrons. The normalized spacial score (nSPS) is 15.7. The minimum absolute atomic E-state index is 0. The van der Waals surface area contributed by atoms with E-state index >= 15 is 0 Å². The highest BCUT2D eigenvalue weighted by Gasteiger charge is 2.31. The van der Waals surface area contributed by atoms with Crippen molar-refractivity contribution in [3.05, 3.63) is 29.8 Å². The number of hydrogen-bond acceptors (Lipinski definition) is 3. The van der Waals surface area contributed by atoms with E-state index in [1.54, 1.807) is 11.8 Å². The van der Waals surface area contributed by atoms with Gasteiger partial charge in [-0.3, -0.25) is 4.79 Å². The summed E-state index contributed by atoms with van der Waals surface area (Å²) in [5.41, 5.74) is 6.38. The molecule has 1 aromatic carbocycles. The van der Waals surface area contributed by atoms with E-state index in [2.05, 4.69) is 5.32 Å². The molecule has 0 heterocycles. The summed E-state index contributed by atoms with van der Waals surface area (Å²) in [5, 5.41) is 3.01. The molecule has 1 unspecified atom stereocenters. The van der Waals surface area contributed by atoms with E-state index in [0.717, 1.165) is 0 Å². The molecule has 3 nitrogen and oxygen atoms in total. The van der Waals surface area contributed by atoms with E-state index in [4.69, 9.17) is 5.73 Å². The summed E-state index contributed by atoms with van der Waals surface area (Å²) in [5.74, 6) is 0.578. The Balaban J connectivity index is 0.00000162. The van der Waals surface area contributed by atoms with Crippen LogP contribution in [-0.2, 0) is 0 Å². The second-order valence-corrected chi connectivity index (χ2v) is 5.26. The fourth-order valence-corrected chi connectivity index (χ4v) is 2.27. The molecule has 5 heteroatoms. The second-order valence-electron chi connectivity index (χ2n) is 4.38. The molecule has 1 aliphatic carbocycles. The van der Waals surface area contributed by atoms with Crippen LogP contribution in [0.2, 0.25) is 0 Å². The van der Waals surface area contributed by atoms with Crippen LogP contribution in [0.25, 0.3) is 0 Å². The summed E-state index contributed by atoms with van der Waals surface area (Å²) in [4.78, 5) is 13.1. The van der Waals surface area contributed by atoms with Crippen LogP contribution in [0, 0.1) is 5.92 Å². The number of thioether (sulfide) groups is 1. The van der Waals surface area contributed by atoms with Crippen molar-refractivity contribution in [3.63, 3.8) is 0 Å². The highest BCUT2D eigenvalue weighted by atomic mass is 35.5. The molecule has 0 saturated heterocycles. The van der Waals surface area contributed by atoms with Crippen LogP contribution in [0.4, 0.5) is 0 Å². The summed E-state index contributed by atoms with van der Waals surface area (Å²) in [6.07, 6.45) is 4.40. The predicted molar refractivity (Wildman–Crippen MR) is 78.5 cm³/mol. The number of halogens is 1. The van der Waals surface area contributed by atoms with Crippen molar-refractivity contribution in [1.82, 2.24) is 5.32 Å². The van der Waals surface area contributed by atoms with E-state index < -0.39 is 0 Å². The fraction of sp³-hybridized carbons (Fsp3) is 0.462. The molecule has 1 saturated carbocycles. The lowest BCUT2D eigenvalue weighted by atomic mass is 10.1. The van der Waals surface area contributed by atoms with Crippen molar-refractivity contribution in [2.24, 2.45) is 11.7 Å². The zero-order valence-electron chi connectivity index (χ0n) is 10.4. The minimum Gasteiger partial charge on any atom is -0.348 e. The van der Waals surface area contributed by atoms with Gasteiger partial charge in [-0.15, -0.1) is 24.2 Å². The Kier molecular flexibility index (Phi) is 5.99. The molecule has 2 rings (SSSR count). The number of hydrogen-bond donors (Lipinski definition) is 2. The molecular weight excluding hydrogens is 268 g/mol. The predicted octanol–water partition coefficient (Wildman–Crippen LogP) is 2.30. The monoisotopic (exact) mass is 286 g/mol. The summed E-state index contributed by atoms with van der Waals surface area (Å²) < 4.78 is 0. The number of amides is 1. The average Bonchev–Trinajstić information content (AvgIpc) is 3.20. The molecule has 0 spiro atoms. The number of carbonyl (C=O) groups is 1. The zero-order chi connectivity index (χ0) is 12.3. The van der Waals surface area contributed by atoms with Gasteiger partial charge in [0, 0.05) is 23.0 Å². The molecule has 0 aromatic heterocycles. The first kappa shape index (κ1) is 15.3. The molecule has 18 heavy (non-hydrogen) atoms. The third kappa shape index (κ3) is 3.90. The Labute approximate surface area is 118 Å². The third-order valence-corrected chi connectivity index (χ3v) is 3.86. The number of benzene rings is 1. The summed E-state index contributed by atoms with van der Waals surface area (Å²) >= 11 is 1.67. The van der Waals surface area contributed by atoms with Crippen LogP contribution >= 0.6 is 24.2 Å². The summed E-state index contributed by atoms with van der Waals surface area (Å²) in [6.45, 7) is 0.527. The molecule has 1 fully saturated rings. The van der Waals surface area contributed by atoms with Gasteiger partial charge in [-0.1, -0.05) is 0 Å². The van der Waals surface area contributed by atoms with Gasteiger partial charge in [-0.25, -0.2) is 0 Å². The van der Waals surface area contributed by atoms with Gasteiger partial charge in [0.05, 0.1) is 0 Å². The molecule has 1 aliphatic rings. The Hall–Kier alpha value is -0.710. The van der Waals surface area contributed by atoms with E-state index in [9.17, 15) is 4.79 Å². The quantitative estimate of drug-likeness (QED) is 0.817. The molecule has 1 atom stereocenters. The lowest BCUT2D eigenvalue weighted by Crippen LogP contribution is -2.41. The van der Waals surface area contributed by atoms with Gasteiger partial charge in [-0.2, -0.15) is 0 Å². The van der Waals surface area contributed by atoms with E-state index in [1.807, 2.05) is 30.5 Å². The molecule has 0 aliphatic heterocycles. The van der Waals surface area contributed by atoms with E-state index in [0.29, 0.717) is 18.0 Å². The summed E-state index contributed by atoms with van der Waals surface area (Å²) in [7, 11) is 0. The first-order chi connectivity index (χ1) is 8.24. The van der Waals surface area contributed by atoms with Crippen LogP contribution < -0.4 is 11.1 Å². The SMILES string of the molecule is CSc1ccc(C(=O)NC(CN)C2CC2)cc1.Cl.